The largest absolute Gasteiger partial charge is 0.496 e. The summed E-state index contributed by atoms with van der Waals surface area (Å²) in [5, 5.41) is 0. The molecule has 0 radical (unpaired) electrons. The molecule has 34 heavy (non-hydrogen) atoms. The summed E-state index contributed by atoms with van der Waals surface area (Å²) in [7, 11) is -0.162. The normalized spacial score (nSPS) is 12.2. The molecular weight excluding hydrogens is 454 g/mol. The van der Waals surface area contributed by atoms with E-state index in [1.165, 1.54) is 10.8 Å². The average Bonchev–Trinajstić information content (AvgIpc) is 2.73. The lowest BCUT2D eigenvalue weighted by molar-refractivity contribution is 0.397. The fraction of sp³-hybridized carbons (Fsp3) is 0.280. The molecule has 0 amide bonds. The number of ether oxygens (including phenoxy) is 1. The number of hydrogen-bond donors (Lipinski definition) is 2. The first-order valence-electron chi connectivity index (χ1n) is 10.6. The molecule has 0 aliphatic carbocycles. The van der Waals surface area contributed by atoms with E-state index >= 15 is 0 Å². The van der Waals surface area contributed by atoms with E-state index in [4.69, 9.17) is 4.74 Å². The predicted octanol–water partition coefficient (Wildman–Crippen LogP) is 3.59. The van der Waals surface area contributed by atoms with Gasteiger partial charge in [0.1, 0.15) is 5.75 Å². The Labute approximate surface area is 199 Å². The molecule has 0 aliphatic heterocycles. The van der Waals surface area contributed by atoms with E-state index in [0.717, 1.165) is 22.9 Å². The molecule has 0 aliphatic rings. The van der Waals surface area contributed by atoms with E-state index < -0.39 is 21.3 Å². The van der Waals surface area contributed by atoms with Crippen LogP contribution in [0.2, 0.25) is 0 Å². The van der Waals surface area contributed by atoms with Gasteiger partial charge >= 0.3 is 5.69 Å². The van der Waals surface area contributed by atoms with Gasteiger partial charge < -0.3 is 9.30 Å². The van der Waals surface area contributed by atoms with Crippen molar-refractivity contribution in [2.45, 2.75) is 26.2 Å². The number of nitrogens with one attached hydrogen (secondary N) is 2. The van der Waals surface area contributed by atoms with Crippen LogP contribution in [0.1, 0.15) is 37.5 Å². The lowest BCUT2D eigenvalue weighted by Crippen LogP contribution is -2.28. The fourth-order valence-corrected chi connectivity index (χ4v) is 4.11. The van der Waals surface area contributed by atoms with Crippen molar-refractivity contribution in [2.75, 3.05) is 18.1 Å². The van der Waals surface area contributed by atoms with E-state index in [1.807, 2.05) is 24.3 Å². The second-order valence-electron chi connectivity index (χ2n) is 9.14. The average molecular weight is 484 g/mol. The van der Waals surface area contributed by atoms with Gasteiger partial charge in [-0.05, 0) is 40.8 Å². The number of aromatic amines is 1. The van der Waals surface area contributed by atoms with Crippen LogP contribution >= 0.6 is 0 Å². The Morgan fingerprint density at radius 3 is 2.26 bits per heavy atom. The minimum atomic E-state index is -3.35. The first-order chi connectivity index (χ1) is 15.8. The number of aromatic nitrogens is 2. The second kappa shape index (κ2) is 9.34. The summed E-state index contributed by atoms with van der Waals surface area (Å²) < 4.78 is 32.3. The number of sulfonamides is 1. The van der Waals surface area contributed by atoms with Crippen molar-refractivity contribution >= 4 is 27.9 Å². The lowest BCUT2D eigenvalue weighted by atomic mass is 9.83. The van der Waals surface area contributed by atoms with Gasteiger partial charge in [-0.25, -0.2) is 13.2 Å². The first kappa shape index (κ1) is 25.0. The first-order valence-corrected chi connectivity index (χ1v) is 12.5. The molecule has 3 aromatic rings. The summed E-state index contributed by atoms with van der Waals surface area (Å²) in [6.07, 6.45) is 6.38. The number of benzene rings is 2. The summed E-state index contributed by atoms with van der Waals surface area (Å²) in [5.41, 5.74) is 2.81. The van der Waals surface area contributed by atoms with Crippen molar-refractivity contribution < 1.29 is 13.2 Å². The summed E-state index contributed by atoms with van der Waals surface area (Å²) in [4.78, 5) is 26.7. The van der Waals surface area contributed by atoms with Crippen LogP contribution in [0.5, 0.6) is 5.75 Å². The third kappa shape index (κ3) is 5.85. The van der Waals surface area contributed by atoms with Gasteiger partial charge in [0.05, 0.1) is 18.9 Å². The van der Waals surface area contributed by atoms with Crippen LogP contribution in [-0.2, 0) is 22.5 Å². The van der Waals surface area contributed by atoms with Crippen LogP contribution < -0.4 is 20.7 Å². The van der Waals surface area contributed by atoms with Crippen LogP contribution in [0.15, 0.2) is 52.2 Å². The highest BCUT2D eigenvalue weighted by molar-refractivity contribution is 7.92. The van der Waals surface area contributed by atoms with Gasteiger partial charge in [-0.3, -0.25) is 14.5 Å². The summed E-state index contributed by atoms with van der Waals surface area (Å²) >= 11 is 0. The van der Waals surface area contributed by atoms with E-state index in [1.54, 1.807) is 38.4 Å². The molecule has 0 fully saturated rings. The molecule has 8 nitrogen and oxygen atoms in total. The number of hydrogen-bond acceptors (Lipinski definition) is 5. The Morgan fingerprint density at radius 2 is 1.71 bits per heavy atom. The van der Waals surface area contributed by atoms with Crippen molar-refractivity contribution in [3.05, 3.63) is 80.1 Å². The minimum absolute atomic E-state index is 0.281. The van der Waals surface area contributed by atoms with Crippen molar-refractivity contribution in [3.63, 3.8) is 0 Å². The number of methoxy groups -OCH3 is 1. The standard InChI is InChI=1S/C25H29N3O5S/c1-25(2,3)21-14-18(20-15-28(4)24(30)26-23(20)29)13-17(22(21)33-5)10-7-16-8-11-19(12-9-16)27-34(6,31)32/h7-15,27H,1-6H3,(H,26,29,30). The van der Waals surface area contributed by atoms with Crippen molar-refractivity contribution in [3.8, 4) is 16.9 Å². The molecule has 2 N–H and O–H groups in total. The Bertz CT molecular complexity index is 1460. The predicted molar refractivity (Wildman–Crippen MR) is 137 cm³/mol. The lowest BCUT2D eigenvalue weighted by Gasteiger charge is -2.24. The SMILES string of the molecule is COc1c(C=Cc2ccc(NS(C)(=O)=O)cc2)cc(-c2cn(C)c(=O)[nH]c2=O)cc1C(C)(C)C. The topological polar surface area (TPSA) is 110 Å². The van der Waals surface area contributed by atoms with Gasteiger partial charge in [0.15, 0.2) is 0 Å². The molecular formula is C25H29N3O5S. The van der Waals surface area contributed by atoms with E-state index in [-0.39, 0.29) is 5.41 Å². The summed E-state index contributed by atoms with van der Waals surface area (Å²) in [5.74, 6) is 0.684. The maximum absolute atomic E-state index is 12.6. The van der Waals surface area contributed by atoms with Crippen LogP contribution in [0.4, 0.5) is 5.69 Å². The molecule has 1 heterocycles. The van der Waals surface area contributed by atoms with Crippen LogP contribution in [0.25, 0.3) is 23.3 Å². The quantitative estimate of drug-likeness (QED) is 0.521. The third-order valence-corrected chi connectivity index (χ3v) is 5.82. The smallest absolute Gasteiger partial charge is 0.328 e. The van der Waals surface area contributed by atoms with Crippen LogP contribution in [-0.4, -0.2) is 31.3 Å². The molecule has 0 bridgehead atoms. The highest BCUT2D eigenvalue weighted by Gasteiger charge is 2.23. The van der Waals surface area contributed by atoms with Crippen LogP contribution in [0, 0.1) is 0 Å². The number of anilines is 1. The molecule has 2 aromatic carbocycles. The molecule has 180 valence electrons. The summed E-state index contributed by atoms with van der Waals surface area (Å²) in [6.45, 7) is 6.17. The Kier molecular flexibility index (Phi) is 6.88. The highest BCUT2D eigenvalue weighted by atomic mass is 32.2. The van der Waals surface area contributed by atoms with Gasteiger partial charge in [-0.2, -0.15) is 0 Å². The Hall–Kier alpha value is -3.59. The molecule has 0 unspecified atom stereocenters. The van der Waals surface area contributed by atoms with Gasteiger partial charge in [0, 0.05) is 30.1 Å². The zero-order chi connectivity index (χ0) is 25.3. The van der Waals surface area contributed by atoms with Gasteiger partial charge in [0.2, 0.25) is 10.0 Å². The van der Waals surface area contributed by atoms with Gasteiger partial charge in [0.25, 0.3) is 5.56 Å². The highest BCUT2D eigenvalue weighted by Crippen LogP contribution is 2.38. The van der Waals surface area contributed by atoms with Gasteiger partial charge in [-0.1, -0.05) is 45.1 Å². The van der Waals surface area contributed by atoms with Gasteiger partial charge in [-0.15, -0.1) is 0 Å². The van der Waals surface area contributed by atoms with E-state index in [0.29, 0.717) is 22.6 Å². The maximum atomic E-state index is 12.6. The zero-order valence-corrected chi connectivity index (χ0v) is 20.9. The number of rotatable bonds is 6. The number of nitrogens with zero attached hydrogens (tertiary/aromatic N) is 1. The molecule has 1 aromatic heterocycles. The number of aryl methyl sites for hydroxylation is 1. The van der Waals surface area contributed by atoms with E-state index in [9.17, 15) is 18.0 Å². The molecule has 0 saturated heterocycles. The molecule has 9 heteroatoms. The molecule has 0 atom stereocenters. The van der Waals surface area contributed by atoms with Crippen molar-refractivity contribution in [1.82, 2.24) is 9.55 Å². The van der Waals surface area contributed by atoms with Crippen molar-refractivity contribution in [1.29, 1.82) is 0 Å². The molecule has 0 saturated carbocycles. The monoisotopic (exact) mass is 483 g/mol. The Morgan fingerprint density at radius 1 is 1.06 bits per heavy atom. The molecule has 3 rings (SSSR count). The zero-order valence-electron chi connectivity index (χ0n) is 20.1. The second-order valence-corrected chi connectivity index (χ2v) is 10.9. The fourth-order valence-electron chi connectivity index (χ4n) is 3.55. The maximum Gasteiger partial charge on any atom is 0.328 e. The van der Waals surface area contributed by atoms with Crippen molar-refractivity contribution in [2.24, 2.45) is 7.05 Å². The summed E-state index contributed by atoms with van der Waals surface area (Å²) in [6, 6.07) is 10.7. The molecule has 0 spiro atoms. The Balaban J connectivity index is 2.13. The van der Waals surface area contributed by atoms with Crippen LogP contribution in [0.3, 0.4) is 0 Å². The van der Waals surface area contributed by atoms with E-state index in [2.05, 4.69) is 30.5 Å². The minimum Gasteiger partial charge on any atom is -0.496 e. The third-order valence-electron chi connectivity index (χ3n) is 5.22. The number of H-pyrrole nitrogens is 1.